The van der Waals surface area contributed by atoms with Crippen LogP contribution in [0.5, 0.6) is 0 Å². The van der Waals surface area contributed by atoms with Gasteiger partial charge in [0.25, 0.3) is 0 Å². The number of phosphoric acid groups is 1. The highest BCUT2D eigenvalue weighted by molar-refractivity contribution is 7.47. The quantitative estimate of drug-likeness (QED) is 0.0233. The molecule has 346 valence electrons. The molecule has 0 radical (unpaired) electrons. The summed E-state index contributed by atoms with van der Waals surface area (Å²) >= 11 is 0. The van der Waals surface area contributed by atoms with Crippen LogP contribution in [0.15, 0.2) is 36.5 Å². The Morgan fingerprint density at radius 3 is 1.41 bits per heavy atom. The molecule has 10 nitrogen and oxygen atoms in total. The molecule has 59 heavy (non-hydrogen) atoms. The lowest BCUT2D eigenvalue weighted by Crippen LogP contribution is -2.34. The van der Waals surface area contributed by atoms with Crippen molar-refractivity contribution in [1.82, 2.24) is 0 Å². The number of rotatable bonds is 46. The summed E-state index contributed by atoms with van der Waals surface area (Å²) in [6.45, 7) is 3.87. The minimum absolute atomic E-state index is 0.0128. The Balaban J connectivity index is 4.19. The fraction of sp³-hybridized carbons (Fsp3) is 0.833. The first-order valence-electron chi connectivity index (χ1n) is 24.0. The zero-order valence-electron chi connectivity index (χ0n) is 37.9. The van der Waals surface area contributed by atoms with E-state index in [4.69, 9.17) is 29.4 Å². The molecule has 3 unspecified atom stereocenters. The van der Waals surface area contributed by atoms with Crippen molar-refractivity contribution in [3.63, 3.8) is 0 Å². The minimum Gasteiger partial charge on any atom is -0.480 e. The largest absolute Gasteiger partial charge is 0.480 e. The summed E-state index contributed by atoms with van der Waals surface area (Å²) in [6, 6.07) is -1.47. The van der Waals surface area contributed by atoms with E-state index < -0.39 is 45.1 Å². The molecular formula is C48H90NO9P. The Bertz CT molecular complexity index is 1080. The van der Waals surface area contributed by atoms with E-state index in [1.807, 2.05) is 0 Å². The SMILES string of the molecule is CCCCCC/C=C\C/C=C\CCCCCCCCCC(=O)OC(COCCCCCCCCCC/C=C\CCCCCCCCC)COP(=O)(O)OCC(N)C(=O)O. The van der Waals surface area contributed by atoms with Gasteiger partial charge < -0.3 is 25.2 Å². The molecule has 0 heterocycles. The van der Waals surface area contributed by atoms with Gasteiger partial charge in [-0.15, -0.1) is 0 Å². The van der Waals surface area contributed by atoms with E-state index in [-0.39, 0.29) is 13.0 Å². The molecule has 0 aromatic rings. The van der Waals surface area contributed by atoms with E-state index in [9.17, 15) is 19.0 Å². The lowest BCUT2D eigenvalue weighted by molar-refractivity contribution is -0.154. The van der Waals surface area contributed by atoms with Crippen molar-refractivity contribution in [2.24, 2.45) is 5.73 Å². The summed E-state index contributed by atoms with van der Waals surface area (Å²) < 4.78 is 33.4. The molecule has 0 aromatic heterocycles. The first kappa shape index (κ1) is 57.2. The molecule has 4 N–H and O–H groups in total. The van der Waals surface area contributed by atoms with Crippen LogP contribution in [0.3, 0.4) is 0 Å². The van der Waals surface area contributed by atoms with Crippen molar-refractivity contribution < 1.29 is 42.7 Å². The van der Waals surface area contributed by atoms with E-state index in [0.29, 0.717) is 13.0 Å². The van der Waals surface area contributed by atoms with Gasteiger partial charge in [0, 0.05) is 13.0 Å². The first-order valence-corrected chi connectivity index (χ1v) is 25.5. The number of unbranched alkanes of at least 4 members (excludes halogenated alkanes) is 26. The van der Waals surface area contributed by atoms with Crippen LogP contribution in [-0.4, -0.2) is 60.5 Å². The van der Waals surface area contributed by atoms with Gasteiger partial charge in [0.2, 0.25) is 0 Å². The van der Waals surface area contributed by atoms with Gasteiger partial charge in [0.1, 0.15) is 12.1 Å². The highest BCUT2D eigenvalue weighted by atomic mass is 31.2. The van der Waals surface area contributed by atoms with Crippen LogP contribution >= 0.6 is 7.82 Å². The van der Waals surface area contributed by atoms with E-state index >= 15 is 0 Å². The Morgan fingerprint density at radius 2 is 0.932 bits per heavy atom. The van der Waals surface area contributed by atoms with Crippen molar-refractivity contribution >= 4 is 19.8 Å². The van der Waals surface area contributed by atoms with Gasteiger partial charge in [-0.1, -0.05) is 179 Å². The molecule has 0 aliphatic carbocycles. The van der Waals surface area contributed by atoms with E-state index in [1.165, 1.54) is 141 Å². The lowest BCUT2D eigenvalue weighted by Gasteiger charge is -2.20. The smallest absolute Gasteiger partial charge is 0.472 e. The number of phosphoric ester groups is 1. The average Bonchev–Trinajstić information content (AvgIpc) is 3.21. The van der Waals surface area contributed by atoms with Crippen molar-refractivity contribution in [1.29, 1.82) is 0 Å². The first-order chi connectivity index (χ1) is 28.7. The molecule has 11 heteroatoms. The number of carbonyl (C=O) groups excluding carboxylic acids is 1. The molecule has 0 aliphatic rings. The average molecular weight is 856 g/mol. The van der Waals surface area contributed by atoms with Crippen LogP contribution in [0.25, 0.3) is 0 Å². The van der Waals surface area contributed by atoms with Crippen LogP contribution in [0.2, 0.25) is 0 Å². The molecule has 0 saturated heterocycles. The monoisotopic (exact) mass is 856 g/mol. The van der Waals surface area contributed by atoms with Gasteiger partial charge >= 0.3 is 19.8 Å². The maximum absolute atomic E-state index is 12.7. The fourth-order valence-electron chi connectivity index (χ4n) is 6.63. The number of aliphatic carboxylic acids is 1. The minimum atomic E-state index is -4.62. The predicted octanol–water partition coefficient (Wildman–Crippen LogP) is 13.7. The second-order valence-corrected chi connectivity index (χ2v) is 17.7. The molecule has 0 aliphatic heterocycles. The van der Waals surface area contributed by atoms with Gasteiger partial charge in [-0.25, -0.2) is 4.57 Å². The summed E-state index contributed by atoms with van der Waals surface area (Å²) in [5, 5.41) is 8.91. The highest BCUT2D eigenvalue weighted by Gasteiger charge is 2.27. The number of ether oxygens (including phenoxy) is 2. The molecular weight excluding hydrogens is 766 g/mol. The Hall–Kier alpha value is -1.81. The summed E-state index contributed by atoms with van der Waals surface area (Å²) in [7, 11) is -4.62. The third kappa shape index (κ3) is 44.1. The zero-order valence-corrected chi connectivity index (χ0v) is 38.7. The second kappa shape index (κ2) is 44.3. The van der Waals surface area contributed by atoms with Crippen LogP contribution < -0.4 is 5.73 Å². The summed E-state index contributed by atoms with van der Waals surface area (Å²) in [5.41, 5.74) is 5.37. The van der Waals surface area contributed by atoms with Crippen molar-refractivity contribution in [3.05, 3.63) is 36.5 Å². The van der Waals surface area contributed by atoms with E-state index in [2.05, 4.69) is 50.3 Å². The van der Waals surface area contributed by atoms with Gasteiger partial charge in [-0.05, 0) is 70.6 Å². The van der Waals surface area contributed by atoms with E-state index in [0.717, 1.165) is 51.4 Å². The normalized spacial score (nSPS) is 14.1. The van der Waals surface area contributed by atoms with Crippen LogP contribution in [-0.2, 0) is 32.7 Å². The summed E-state index contributed by atoms with van der Waals surface area (Å²) in [6.07, 6.45) is 50.5. The predicted molar refractivity (Wildman–Crippen MR) is 245 cm³/mol. The number of carboxylic acid groups (broad SMARTS) is 1. The summed E-state index contributed by atoms with van der Waals surface area (Å²) in [5.74, 6) is -1.78. The van der Waals surface area contributed by atoms with Gasteiger partial charge in [-0.3, -0.25) is 18.6 Å². The molecule has 0 rings (SSSR count). The number of carboxylic acids is 1. The van der Waals surface area contributed by atoms with Crippen molar-refractivity contribution in [2.75, 3.05) is 26.4 Å². The van der Waals surface area contributed by atoms with E-state index in [1.54, 1.807) is 0 Å². The molecule has 0 amide bonds. The Kier molecular flexibility index (Phi) is 42.9. The van der Waals surface area contributed by atoms with Gasteiger partial charge in [0.15, 0.2) is 0 Å². The third-order valence-corrected chi connectivity index (χ3v) is 11.3. The molecule has 3 atom stereocenters. The van der Waals surface area contributed by atoms with Crippen molar-refractivity contribution in [3.8, 4) is 0 Å². The number of hydrogen-bond donors (Lipinski definition) is 3. The van der Waals surface area contributed by atoms with Crippen LogP contribution in [0.4, 0.5) is 0 Å². The maximum atomic E-state index is 12.7. The molecule has 0 aromatic carbocycles. The second-order valence-electron chi connectivity index (χ2n) is 16.2. The Morgan fingerprint density at radius 1 is 0.542 bits per heavy atom. The van der Waals surface area contributed by atoms with Crippen molar-refractivity contribution in [2.45, 2.75) is 231 Å². The number of esters is 1. The Labute approximate surface area is 361 Å². The highest BCUT2D eigenvalue weighted by Crippen LogP contribution is 2.43. The zero-order chi connectivity index (χ0) is 43.3. The number of carbonyl (C=O) groups is 2. The van der Waals surface area contributed by atoms with Gasteiger partial charge in [0.05, 0.1) is 19.8 Å². The van der Waals surface area contributed by atoms with Crippen LogP contribution in [0.1, 0.15) is 219 Å². The summed E-state index contributed by atoms with van der Waals surface area (Å²) in [4.78, 5) is 33.6. The van der Waals surface area contributed by atoms with Crippen LogP contribution in [0, 0.1) is 0 Å². The third-order valence-electron chi connectivity index (χ3n) is 10.4. The standard InChI is InChI=1S/C48H90NO9P/c1-3-5-7-9-11-13-15-17-19-21-23-25-27-29-31-33-35-37-39-41-55-42-45(43-56-59(53,54)57-44-46(49)48(51)52)58-47(50)40-38-36-34-32-30-28-26-24-22-20-18-16-14-12-10-8-6-4-2/h14,16,19-22,45-46H,3-13,15,17-18,23-44,49H2,1-2H3,(H,51,52)(H,53,54)/b16-14-,21-19-,22-20-. The fourth-order valence-corrected chi connectivity index (χ4v) is 7.41. The molecule has 0 bridgehead atoms. The topological polar surface area (TPSA) is 155 Å². The molecule has 0 saturated carbocycles. The molecule has 0 spiro atoms. The van der Waals surface area contributed by atoms with Gasteiger partial charge in [-0.2, -0.15) is 0 Å². The number of hydrogen-bond acceptors (Lipinski definition) is 8. The number of allylic oxidation sites excluding steroid dienone is 6. The lowest BCUT2D eigenvalue weighted by atomic mass is 10.1. The maximum Gasteiger partial charge on any atom is 0.472 e. The molecule has 0 fully saturated rings. The number of nitrogens with two attached hydrogens (primary N) is 1.